The Morgan fingerprint density at radius 1 is 1.24 bits per heavy atom. The average molecular weight is 268 g/mol. The lowest BCUT2D eigenvalue weighted by molar-refractivity contribution is 0.364. The van der Waals surface area contributed by atoms with Crippen LogP contribution in [0.1, 0.15) is 41.3 Å². The van der Waals surface area contributed by atoms with Crippen molar-refractivity contribution >= 4 is 23.1 Å². The molecule has 1 aromatic rings. The fourth-order valence-corrected chi connectivity index (χ4v) is 5.55. The van der Waals surface area contributed by atoms with Crippen LogP contribution in [0, 0.1) is 0 Å². The molecule has 4 heteroatoms. The zero-order valence-electron chi connectivity index (χ0n) is 10.4. The molecule has 2 nitrogen and oxygen atoms in total. The summed E-state index contributed by atoms with van der Waals surface area (Å²) in [5, 5.41) is 4.93. The second-order valence-electron chi connectivity index (χ2n) is 5.08. The Labute approximate surface area is 112 Å². The van der Waals surface area contributed by atoms with E-state index in [1.807, 2.05) is 11.3 Å². The van der Waals surface area contributed by atoms with E-state index in [4.69, 9.17) is 4.98 Å². The maximum atomic E-state index is 4.96. The lowest BCUT2D eigenvalue weighted by Gasteiger charge is -2.34. The van der Waals surface area contributed by atoms with E-state index in [-0.39, 0.29) is 5.54 Å². The van der Waals surface area contributed by atoms with Crippen molar-refractivity contribution in [2.75, 3.05) is 18.6 Å². The van der Waals surface area contributed by atoms with E-state index in [0.717, 1.165) is 0 Å². The highest BCUT2D eigenvalue weighted by Crippen LogP contribution is 2.39. The van der Waals surface area contributed by atoms with Crippen molar-refractivity contribution in [2.45, 2.75) is 44.1 Å². The average Bonchev–Trinajstić information content (AvgIpc) is 2.84. The van der Waals surface area contributed by atoms with Gasteiger partial charge in [0.1, 0.15) is 5.01 Å². The van der Waals surface area contributed by atoms with Crippen molar-refractivity contribution in [2.24, 2.45) is 0 Å². The lowest BCUT2D eigenvalue weighted by Crippen LogP contribution is -2.44. The van der Waals surface area contributed by atoms with Crippen LogP contribution in [0.25, 0.3) is 0 Å². The number of hydrogen-bond donors (Lipinski definition) is 1. The number of hydrogen-bond acceptors (Lipinski definition) is 4. The van der Waals surface area contributed by atoms with Gasteiger partial charge in [0, 0.05) is 10.6 Å². The first-order chi connectivity index (χ1) is 8.34. The molecule has 94 valence electrons. The SMILES string of the molecule is CNC1(c2nc3c(s2)CCCC3)CCCSC1. The largest absolute Gasteiger partial charge is 0.308 e. The maximum Gasteiger partial charge on any atom is 0.114 e. The minimum Gasteiger partial charge on any atom is -0.308 e. The molecular weight excluding hydrogens is 248 g/mol. The predicted octanol–water partition coefficient (Wildman–Crippen LogP) is 2.96. The molecule has 2 aliphatic rings. The molecular formula is C13H20N2S2. The standard InChI is InChI=1S/C13H20N2S2/c1-14-13(7-4-8-16-9-13)12-15-10-5-2-3-6-11(10)17-12/h14H,2-9H2,1H3. The number of thiazole rings is 1. The van der Waals surface area contributed by atoms with Gasteiger partial charge in [-0.05, 0) is 51.3 Å². The number of aromatic nitrogens is 1. The van der Waals surface area contributed by atoms with Gasteiger partial charge >= 0.3 is 0 Å². The first-order valence-corrected chi connectivity index (χ1v) is 8.57. The van der Waals surface area contributed by atoms with E-state index in [0.29, 0.717) is 0 Å². The highest BCUT2D eigenvalue weighted by Gasteiger charge is 2.36. The second-order valence-corrected chi connectivity index (χ2v) is 7.27. The van der Waals surface area contributed by atoms with Crippen LogP contribution in [0.5, 0.6) is 0 Å². The monoisotopic (exact) mass is 268 g/mol. The Bertz CT molecular complexity index is 371. The van der Waals surface area contributed by atoms with E-state index < -0.39 is 0 Å². The van der Waals surface area contributed by atoms with Crippen LogP contribution in [-0.2, 0) is 18.4 Å². The van der Waals surface area contributed by atoms with Gasteiger partial charge in [-0.25, -0.2) is 4.98 Å². The number of thioether (sulfide) groups is 1. The Morgan fingerprint density at radius 3 is 2.82 bits per heavy atom. The Morgan fingerprint density at radius 2 is 2.12 bits per heavy atom. The molecule has 1 atom stereocenters. The molecule has 3 rings (SSSR count). The minimum absolute atomic E-state index is 0.172. The van der Waals surface area contributed by atoms with Crippen molar-refractivity contribution in [3.63, 3.8) is 0 Å². The van der Waals surface area contributed by atoms with E-state index >= 15 is 0 Å². The minimum atomic E-state index is 0.172. The van der Waals surface area contributed by atoms with Crippen LogP contribution < -0.4 is 5.32 Å². The van der Waals surface area contributed by atoms with E-state index in [2.05, 4.69) is 24.1 Å². The third kappa shape index (κ3) is 2.15. The molecule has 1 aromatic heterocycles. The summed E-state index contributed by atoms with van der Waals surface area (Å²) in [4.78, 5) is 6.53. The second kappa shape index (κ2) is 4.90. The van der Waals surface area contributed by atoms with Gasteiger partial charge < -0.3 is 5.32 Å². The fourth-order valence-electron chi connectivity index (χ4n) is 2.82. The van der Waals surface area contributed by atoms with Gasteiger partial charge in [0.15, 0.2) is 0 Å². The van der Waals surface area contributed by atoms with E-state index in [1.165, 1.54) is 60.7 Å². The number of aryl methyl sites for hydroxylation is 2. The number of rotatable bonds is 2. The van der Waals surface area contributed by atoms with Crippen LogP contribution in [0.4, 0.5) is 0 Å². The highest BCUT2D eigenvalue weighted by molar-refractivity contribution is 7.99. The Balaban J connectivity index is 1.93. The van der Waals surface area contributed by atoms with Gasteiger partial charge in [0.25, 0.3) is 0 Å². The predicted molar refractivity (Wildman–Crippen MR) is 76.1 cm³/mol. The zero-order chi connectivity index (χ0) is 11.7. The quantitative estimate of drug-likeness (QED) is 0.892. The van der Waals surface area contributed by atoms with Crippen molar-refractivity contribution in [3.8, 4) is 0 Å². The fraction of sp³-hybridized carbons (Fsp3) is 0.769. The molecule has 1 aliphatic carbocycles. The first kappa shape index (κ1) is 12.0. The molecule has 0 saturated carbocycles. The molecule has 2 heterocycles. The Hall–Kier alpha value is -0.0600. The third-order valence-corrected chi connectivity index (χ3v) is 6.61. The molecule has 0 aromatic carbocycles. The van der Waals surface area contributed by atoms with Gasteiger partial charge in [-0.3, -0.25) is 0 Å². The topological polar surface area (TPSA) is 24.9 Å². The van der Waals surface area contributed by atoms with Crippen molar-refractivity contribution in [1.29, 1.82) is 0 Å². The molecule has 0 amide bonds. The van der Waals surface area contributed by atoms with E-state index in [9.17, 15) is 0 Å². The normalized spacial score (nSPS) is 29.0. The summed E-state index contributed by atoms with van der Waals surface area (Å²) < 4.78 is 0. The third-order valence-electron chi connectivity index (χ3n) is 3.97. The molecule has 1 unspecified atom stereocenters. The highest BCUT2D eigenvalue weighted by atomic mass is 32.2. The van der Waals surface area contributed by atoms with E-state index in [1.54, 1.807) is 4.88 Å². The number of nitrogens with zero attached hydrogens (tertiary/aromatic N) is 1. The summed E-state index contributed by atoms with van der Waals surface area (Å²) in [5.74, 6) is 2.50. The molecule has 17 heavy (non-hydrogen) atoms. The smallest absolute Gasteiger partial charge is 0.114 e. The Kier molecular flexibility index (Phi) is 3.46. The van der Waals surface area contributed by atoms with Crippen LogP contribution in [0.3, 0.4) is 0 Å². The summed E-state index contributed by atoms with van der Waals surface area (Å²) in [6, 6.07) is 0. The summed E-state index contributed by atoms with van der Waals surface area (Å²) in [7, 11) is 2.10. The van der Waals surface area contributed by atoms with Crippen LogP contribution >= 0.6 is 23.1 Å². The van der Waals surface area contributed by atoms with Crippen LogP contribution in [-0.4, -0.2) is 23.5 Å². The molecule has 1 aliphatic heterocycles. The summed E-state index contributed by atoms with van der Waals surface area (Å²) >= 11 is 4.05. The number of fused-ring (bicyclic) bond motifs is 1. The molecule has 1 saturated heterocycles. The number of nitrogens with one attached hydrogen (secondary N) is 1. The zero-order valence-corrected chi connectivity index (χ0v) is 12.1. The van der Waals surface area contributed by atoms with Crippen molar-refractivity contribution in [3.05, 3.63) is 15.6 Å². The van der Waals surface area contributed by atoms with Gasteiger partial charge in [-0.2, -0.15) is 11.8 Å². The first-order valence-electron chi connectivity index (χ1n) is 6.60. The summed E-state index contributed by atoms with van der Waals surface area (Å²) in [6.07, 6.45) is 7.73. The van der Waals surface area contributed by atoms with Gasteiger partial charge in [-0.1, -0.05) is 0 Å². The van der Waals surface area contributed by atoms with Gasteiger partial charge in [0.2, 0.25) is 0 Å². The summed E-state index contributed by atoms with van der Waals surface area (Å²) in [5.41, 5.74) is 1.58. The molecule has 1 N–H and O–H groups in total. The van der Waals surface area contributed by atoms with Gasteiger partial charge in [-0.15, -0.1) is 11.3 Å². The van der Waals surface area contributed by atoms with Gasteiger partial charge in [0.05, 0.1) is 11.2 Å². The maximum absolute atomic E-state index is 4.96. The molecule has 0 radical (unpaired) electrons. The van der Waals surface area contributed by atoms with Crippen molar-refractivity contribution in [1.82, 2.24) is 10.3 Å². The molecule has 0 spiro atoms. The van der Waals surface area contributed by atoms with Crippen molar-refractivity contribution < 1.29 is 0 Å². The van der Waals surface area contributed by atoms with Crippen LogP contribution in [0.2, 0.25) is 0 Å². The summed E-state index contributed by atoms with van der Waals surface area (Å²) in [6.45, 7) is 0. The molecule has 0 bridgehead atoms. The van der Waals surface area contributed by atoms with Crippen LogP contribution in [0.15, 0.2) is 0 Å². The lowest BCUT2D eigenvalue weighted by atomic mass is 9.96. The molecule has 1 fully saturated rings.